The Balaban J connectivity index is 1.23. The standard InChI is InChI=1S/C36H46F3N9O5/c37-36(38,39)24-53-34-45-32-41-21-25-6-9-27(10-7-25)51-19-5-17-48(31(40)50)16-3-4-18-52-29-20-26(43-33(44-32)46-34)8-11-28(29)30(49)42-22-35(12-13-35)23-47-14-1-2-15-47/h6-11,20H,1-5,12-19,21-24H2,(H2,40,50)(H,42,49)(H2,41,43,44,45,46). The highest BCUT2D eigenvalue weighted by Gasteiger charge is 2.44. The predicted molar refractivity (Wildman–Crippen MR) is 191 cm³/mol. The summed E-state index contributed by atoms with van der Waals surface area (Å²) in [6.45, 7) is 3.82. The molecule has 53 heavy (non-hydrogen) atoms. The molecule has 0 spiro atoms. The molecule has 3 aromatic rings. The number of hydrogen-bond donors (Lipinski definition) is 4. The average Bonchev–Trinajstić information content (AvgIpc) is 3.70. The highest BCUT2D eigenvalue weighted by molar-refractivity contribution is 5.97. The van der Waals surface area contributed by atoms with E-state index < -0.39 is 24.8 Å². The number of aromatic nitrogens is 3. The Morgan fingerprint density at radius 2 is 1.62 bits per heavy atom. The van der Waals surface area contributed by atoms with Gasteiger partial charge in [0, 0.05) is 49.9 Å². The number of likely N-dealkylation sites (tertiary alicyclic amines) is 1. The molecule has 5 N–H and O–H groups in total. The second-order valence-electron chi connectivity index (χ2n) is 13.8. The van der Waals surface area contributed by atoms with E-state index in [2.05, 4.69) is 35.8 Å². The van der Waals surface area contributed by atoms with Crippen molar-refractivity contribution in [1.82, 2.24) is 30.1 Å². The normalized spacial score (nSPS) is 18.1. The van der Waals surface area contributed by atoms with E-state index in [4.69, 9.17) is 19.9 Å². The molecule has 3 aliphatic heterocycles. The van der Waals surface area contributed by atoms with Crippen LogP contribution in [0.1, 0.15) is 60.9 Å². The van der Waals surface area contributed by atoms with Gasteiger partial charge in [-0.25, -0.2) is 4.79 Å². The van der Waals surface area contributed by atoms with Crippen LogP contribution in [0, 0.1) is 5.41 Å². The van der Waals surface area contributed by atoms with Crippen LogP contribution in [-0.2, 0) is 6.54 Å². The van der Waals surface area contributed by atoms with Crippen LogP contribution in [0.3, 0.4) is 0 Å². The molecule has 2 aromatic carbocycles. The highest BCUT2D eigenvalue weighted by Crippen LogP contribution is 2.46. The zero-order chi connectivity index (χ0) is 37.3. The molecule has 6 bridgehead atoms. The summed E-state index contributed by atoms with van der Waals surface area (Å²) in [6, 6.07) is 11.1. The van der Waals surface area contributed by atoms with Gasteiger partial charge < -0.3 is 45.7 Å². The highest BCUT2D eigenvalue weighted by atomic mass is 19.4. The number of anilines is 3. The zero-order valence-electron chi connectivity index (χ0n) is 29.6. The van der Waals surface area contributed by atoms with Crippen molar-refractivity contribution in [1.29, 1.82) is 0 Å². The van der Waals surface area contributed by atoms with E-state index in [1.807, 2.05) is 12.1 Å². The van der Waals surface area contributed by atoms with Crippen molar-refractivity contribution in [3.05, 3.63) is 53.6 Å². The number of carbonyl (C=O) groups is 2. The molecule has 286 valence electrons. The molecule has 2 fully saturated rings. The molecule has 1 saturated heterocycles. The Kier molecular flexibility index (Phi) is 12.2. The topological polar surface area (TPSA) is 169 Å². The molecule has 1 saturated carbocycles. The van der Waals surface area contributed by atoms with E-state index in [0.29, 0.717) is 68.3 Å². The third-order valence-electron chi connectivity index (χ3n) is 9.41. The number of ether oxygens (including phenoxy) is 3. The summed E-state index contributed by atoms with van der Waals surface area (Å²) in [5.74, 6) is 0.541. The lowest BCUT2D eigenvalue weighted by molar-refractivity contribution is -0.154. The monoisotopic (exact) mass is 741 g/mol. The first-order chi connectivity index (χ1) is 25.5. The quantitative estimate of drug-likeness (QED) is 0.254. The minimum absolute atomic E-state index is 0.0206. The summed E-state index contributed by atoms with van der Waals surface area (Å²) in [5, 5.41) is 9.13. The van der Waals surface area contributed by atoms with Gasteiger partial charge in [-0.2, -0.15) is 28.1 Å². The molecule has 0 unspecified atom stereocenters. The van der Waals surface area contributed by atoms with Crippen LogP contribution < -0.4 is 35.9 Å². The molecule has 17 heteroatoms. The largest absolute Gasteiger partial charge is 0.494 e. The second-order valence-corrected chi connectivity index (χ2v) is 13.8. The summed E-state index contributed by atoms with van der Waals surface area (Å²) >= 11 is 0. The molecule has 4 aliphatic rings. The summed E-state index contributed by atoms with van der Waals surface area (Å²) in [5.41, 5.74) is 7.29. The SMILES string of the molecule is NC(=O)N1CCCCOc2cc(ccc2C(=O)NCC2(CN3CCCC3)CC2)Nc2nc(nc(OCC(F)(F)F)n2)NCc2ccc(cc2)OCCC1. The summed E-state index contributed by atoms with van der Waals surface area (Å²) in [6.07, 6.45) is 1.67. The van der Waals surface area contributed by atoms with Gasteiger partial charge >= 0.3 is 18.2 Å². The lowest BCUT2D eigenvalue weighted by atomic mass is 10.1. The van der Waals surface area contributed by atoms with Gasteiger partial charge in [0.2, 0.25) is 11.9 Å². The van der Waals surface area contributed by atoms with Crippen molar-refractivity contribution in [3.63, 3.8) is 0 Å². The number of carbonyl (C=O) groups excluding carboxylic acids is 2. The minimum atomic E-state index is -4.61. The van der Waals surface area contributed by atoms with E-state index >= 15 is 0 Å². The first-order valence-electron chi connectivity index (χ1n) is 18.0. The van der Waals surface area contributed by atoms with Gasteiger partial charge in [0.25, 0.3) is 5.91 Å². The molecule has 0 atom stereocenters. The van der Waals surface area contributed by atoms with Gasteiger partial charge in [-0.1, -0.05) is 12.1 Å². The Morgan fingerprint density at radius 3 is 2.36 bits per heavy atom. The molecule has 14 nitrogen and oxygen atoms in total. The summed E-state index contributed by atoms with van der Waals surface area (Å²) < 4.78 is 56.0. The fourth-order valence-electron chi connectivity index (χ4n) is 6.33. The number of benzene rings is 2. The fraction of sp³-hybridized carbons (Fsp3) is 0.528. The van der Waals surface area contributed by atoms with Crippen LogP contribution in [0.2, 0.25) is 0 Å². The van der Waals surface area contributed by atoms with Crippen molar-refractivity contribution < 1.29 is 37.0 Å². The third-order valence-corrected chi connectivity index (χ3v) is 9.41. The molecular formula is C36H46F3N9O5. The first kappa shape index (κ1) is 37.7. The number of hydrogen-bond acceptors (Lipinski definition) is 11. The summed E-state index contributed by atoms with van der Waals surface area (Å²) in [4.78, 5) is 42.2. The number of halogens is 3. The number of nitrogens with zero attached hydrogens (tertiary/aromatic N) is 5. The smallest absolute Gasteiger partial charge is 0.422 e. The Bertz CT molecular complexity index is 1700. The molecule has 1 aliphatic carbocycles. The molecule has 4 heterocycles. The van der Waals surface area contributed by atoms with Crippen LogP contribution in [0.5, 0.6) is 17.5 Å². The molecule has 1 aromatic heterocycles. The van der Waals surface area contributed by atoms with Crippen LogP contribution >= 0.6 is 0 Å². The van der Waals surface area contributed by atoms with E-state index in [1.165, 1.54) is 12.8 Å². The maximum Gasteiger partial charge on any atom is 0.422 e. The third kappa shape index (κ3) is 11.5. The van der Waals surface area contributed by atoms with Crippen LogP contribution in [-0.4, -0.2) is 102 Å². The minimum Gasteiger partial charge on any atom is -0.494 e. The van der Waals surface area contributed by atoms with Crippen molar-refractivity contribution in [2.75, 3.05) is 69.7 Å². The van der Waals surface area contributed by atoms with E-state index in [1.54, 1.807) is 35.2 Å². The average molecular weight is 742 g/mol. The van der Waals surface area contributed by atoms with Crippen LogP contribution in [0.15, 0.2) is 42.5 Å². The number of primary amides is 1. The number of nitrogens with two attached hydrogens (primary N) is 1. The molecule has 7 rings (SSSR count). The van der Waals surface area contributed by atoms with Crippen molar-refractivity contribution in [3.8, 4) is 17.5 Å². The lowest BCUT2D eigenvalue weighted by Crippen LogP contribution is -2.37. The number of fused-ring (bicyclic) bond motifs is 12. The van der Waals surface area contributed by atoms with E-state index in [-0.39, 0.29) is 36.4 Å². The van der Waals surface area contributed by atoms with Gasteiger partial charge in [-0.05, 0) is 87.9 Å². The molecular weight excluding hydrogens is 695 g/mol. The second kappa shape index (κ2) is 17.2. The maximum absolute atomic E-state index is 13.6. The van der Waals surface area contributed by atoms with Crippen LogP contribution in [0.25, 0.3) is 0 Å². The predicted octanol–water partition coefficient (Wildman–Crippen LogP) is 5.10. The van der Waals surface area contributed by atoms with Crippen molar-refractivity contribution in [2.24, 2.45) is 11.1 Å². The van der Waals surface area contributed by atoms with Crippen LogP contribution in [0.4, 0.5) is 35.5 Å². The van der Waals surface area contributed by atoms with Crippen molar-refractivity contribution >= 4 is 29.5 Å². The number of alkyl halides is 3. The number of amides is 3. The number of rotatable bonds is 7. The molecule has 3 amide bonds. The van der Waals surface area contributed by atoms with Gasteiger partial charge in [-0.3, -0.25) is 4.79 Å². The fourth-order valence-corrected chi connectivity index (χ4v) is 6.33. The van der Waals surface area contributed by atoms with Gasteiger partial charge in [0.1, 0.15) is 11.5 Å². The maximum atomic E-state index is 13.6. The first-order valence-corrected chi connectivity index (χ1v) is 18.0. The zero-order valence-corrected chi connectivity index (χ0v) is 29.6. The van der Waals surface area contributed by atoms with Crippen molar-refractivity contribution in [2.45, 2.75) is 57.7 Å². The van der Waals surface area contributed by atoms with Gasteiger partial charge in [-0.15, -0.1) is 0 Å². The van der Waals surface area contributed by atoms with Gasteiger partial charge in [0.05, 0.1) is 18.8 Å². The van der Waals surface area contributed by atoms with E-state index in [0.717, 1.165) is 38.0 Å². The number of urea groups is 1. The van der Waals surface area contributed by atoms with Gasteiger partial charge in [0.15, 0.2) is 6.61 Å². The van der Waals surface area contributed by atoms with E-state index in [9.17, 15) is 22.8 Å². The Labute approximate surface area is 306 Å². The lowest BCUT2D eigenvalue weighted by Gasteiger charge is -2.23. The number of nitrogens with one attached hydrogen (secondary N) is 3. The summed E-state index contributed by atoms with van der Waals surface area (Å²) in [7, 11) is 0. The Morgan fingerprint density at radius 1 is 0.906 bits per heavy atom. The Hall–Kier alpha value is -5.06. The molecule has 0 radical (unpaired) electrons.